The maximum atomic E-state index is 12.4. The Morgan fingerprint density at radius 2 is 1.88 bits per heavy atom. The van der Waals surface area contributed by atoms with Crippen LogP contribution in [0.2, 0.25) is 5.02 Å². The van der Waals surface area contributed by atoms with Crippen LogP contribution in [0.4, 0.5) is 5.82 Å². The molecule has 4 rings (SSSR count). The lowest BCUT2D eigenvalue weighted by atomic mass is 10.1. The quantitative estimate of drug-likeness (QED) is 0.743. The van der Waals surface area contributed by atoms with Gasteiger partial charge in [0.05, 0.1) is 6.54 Å². The van der Waals surface area contributed by atoms with Gasteiger partial charge in [-0.15, -0.1) is 0 Å². The normalized spacial score (nSPS) is 18.8. The molecule has 1 N–H and O–H groups in total. The van der Waals surface area contributed by atoms with Gasteiger partial charge in [0, 0.05) is 23.2 Å². The number of rotatable bonds is 5. The number of carbonyl (C=O) groups is 1. The Kier molecular flexibility index (Phi) is 4.28. The fourth-order valence-corrected chi connectivity index (χ4v) is 3.19. The summed E-state index contributed by atoms with van der Waals surface area (Å²) >= 11 is 5.91. The molecule has 0 radical (unpaired) electrons. The maximum Gasteiger partial charge on any atom is 0.229 e. The highest BCUT2D eigenvalue weighted by atomic mass is 35.5. The number of carbonyl (C=O) groups excluding carboxylic acids is 1. The second-order valence-electron chi connectivity index (χ2n) is 6.37. The first kappa shape index (κ1) is 15.9. The Labute approximate surface area is 151 Å². The lowest BCUT2D eigenvalue weighted by Gasteiger charge is -2.03. The number of benzene rings is 2. The molecule has 25 heavy (non-hydrogen) atoms. The summed E-state index contributed by atoms with van der Waals surface area (Å²) in [5.74, 6) is 0.928. The van der Waals surface area contributed by atoms with E-state index >= 15 is 0 Å². The average molecular weight is 352 g/mol. The van der Waals surface area contributed by atoms with Gasteiger partial charge < -0.3 is 5.32 Å². The smallest absolute Gasteiger partial charge is 0.229 e. The highest BCUT2D eigenvalue weighted by molar-refractivity contribution is 6.30. The van der Waals surface area contributed by atoms with Gasteiger partial charge in [-0.25, -0.2) is 0 Å². The number of halogens is 1. The van der Waals surface area contributed by atoms with E-state index in [0.29, 0.717) is 17.4 Å². The molecule has 1 aliphatic rings. The first-order valence-electron chi connectivity index (χ1n) is 8.33. The van der Waals surface area contributed by atoms with Gasteiger partial charge in [-0.2, -0.15) is 5.10 Å². The monoisotopic (exact) mass is 351 g/mol. The topological polar surface area (TPSA) is 46.9 Å². The van der Waals surface area contributed by atoms with Crippen LogP contribution in [-0.4, -0.2) is 15.7 Å². The van der Waals surface area contributed by atoms with Gasteiger partial charge >= 0.3 is 0 Å². The fourth-order valence-electron chi connectivity index (χ4n) is 3.07. The van der Waals surface area contributed by atoms with Crippen molar-refractivity contribution in [2.24, 2.45) is 5.92 Å². The first-order valence-corrected chi connectivity index (χ1v) is 8.70. The predicted molar refractivity (Wildman–Crippen MR) is 98.7 cm³/mol. The summed E-state index contributed by atoms with van der Waals surface area (Å²) in [6, 6.07) is 19.7. The molecule has 4 nitrogen and oxygen atoms in total. The summed E-state index contributed by atoms with van der Waals surface area (Å²) in [5.41, 5.74) is 2.34. The average Bonchev–Trinajstić information content (AvgIpc) is 3.31. The summed E-state index contributed by atoms with van der Waals surface area (Å²) in [6.45, 7) is 0.688. The molecule has 2 aromatic carbocycles. The maximum absolute atomic E-state index is 12.4. The van der Waals surface area contributed by atoms with E-state index in [1.807, 2.05) is 59.4 Å². The number of anilines is 1. The third kappa shape index (κ3) is 3.74. The van der Waals surface area contributed by atoms with Crippen molar-refractivity contribution in [2.45, 2.75) is 18.9 Å². The van der Waals surface area contributed by atoms with Crippen molar-refractivity contribution >= 4 is 23.3 Å². The van der Waals surface area contributed by atoms with Crippen LogP contribution < -0.4 is 5.32 Å². The number of aromatic nitrogens is 2. The predicted octanol–water partition coefficient (Wildman–Crippen LogP) is 4.33. The van der Waals surface area contributed by atoms with Crippen molar-refractivity contribution in [3.63, 3.8) is 0 Å². The molecule has 1 amide bonds. The summed E-state index contributed by atoms with van der Waals surface area (Å²) in [4.78, 5) is 12.4. The van der Waals surface area contributed by atoms with Crippen molar-refractivity contribution in [2.75, 3.05) is 5.32 Å². The van der Waals surface area contributed by atoms with Crippen LogP contribution in [0.15, 0.2) is 66.9 Å². The van der Waals surface area contributed by atoms with Crippen molar-refractivity contribution < 1.29 is 4.79 Å². The summed E-state index contributed by atoms with van der Waals surface area (Å²) in [5, 5.41) is 8.07. The Hall–Kier alpha value is -2.59. The molecule has 126 valence electrons. The SMILES string of the molecule is O=C(Nc1ccn(Cc2ccccc2)n1)C1CC1c1ccc(Cl)cc1. The second-order valence-corrected chi connectivity index (χ2v) is 6.81. The van der Waals surface area contributed by atoms with Crippen LogP contribution in [0.5, 0.6) is 0 Å². The summed E-state index contributed by atoms with van der Waals surface area (Å²) in [7, 11) is 0. The van der Waals surface area contributed by atoms with Crippen LogP contribution in [-0.2, 0) is 11.3 Å². The van der Waals surface area contributed by atoms with E-state index in [4.69, 9.17) is 11.6 Å². The van der Waals surface area contributed by atoms with E-state index < -0.39 is 0 Å². The third-order valence-electron chi connectivity index (χ3n) is 4.50. The molecule has 0 saturated heterocycles. The molecule has 0 bridgehead atoms. The zero-order valence-electron chi connectivity index (χ0n) is 13.6. The molecule has 2 unspecified atom stereocenters. The Morgan fingerprint density at radius 1 is 1.12 bits per heavy atom. The second kappa shape index (κ2) is 6.73. The van der Waals surface area contributed by atoms with E-state index in [9.17, 15) is 4.79 Å². The van der Waals surface area contributed by atoms with E-state index in [2.05, 4.69) is 22.5 Å². The van der Waals surface area contributed by atoms with Crippen LogP contribution in [0, 0.1) is 5.92 Å². The van der Waals surface area contributed by atoms with Gasteiger partial charge in [0.2, 0.25) is 5.91 Å². The minimum atomic E-state index is 0.0143. The van der Waals surface area contributed by atoms with Crippen molar-refractivity contribution in [1.82, 2.24) is 9.78 Å². The zero-order valence-corrected chi connectivity index (χ0v) is 14.4. The third-order valence-corrected chi connectivity index (χ3v) is 4.76. The van der Waals surface area contributed by atoms with Crippen LogP contribution >= 0.6 is 11.6 Å². The summed E-state index contributed by atoms with van der Waals surface area (Å²) in [6.07, 6.45) is 2.75. The lowest BCUT2D eigenvalue weighted by Crippen LogP contribution is -2.15. The van der Waals surface area contributed by atoms with Crippen molar-refractivity contribution in [3.05, 3.63) is 83.0 Å². The van der Waals surface area contributed by atoms with Crippen LogP contribution in [0.25, 0.3) is 0 Å². The Morgan fingerprint density at radius 3 is 2.64 bits per heavy atom. The van der Waals surface area contributed by atoms with Crippen molar-refractivity contribution in [1.29, 1.82) is 0 Å². The van der Waals surface area contributed by atoms with E-state index in [1.165, 1.54) is 11.1 Å². The molecule has 3 aromatic rings. The molecule has 1 aromatic heterocycles. The molecule has 1 fully saturated rings. The molecule has 5 heteroatoms. The number of nitrogens with one attached hydrogen (secondary N) is 1. The molecule has 0 spiro atoms. The Bertz CT molecular complexity index is 873. The Balaban J connectivity index is 1.35. The van der Waals surface area contributed by atoms with E-state index in [1.54, 1.807) is 0 Å². The van der Waals surface area contributed by atoms with Crippen LogP contribution in [0.3, 0.4) is 0 Å². The van der Waals surface area contributed by atoms with Gasteiger partial charge in [-0.05, 0) is 35.6 Å². The minimum absolute atomic E-state index is 0.0143. The van der Waals surface area contributed by atoms with Crippen LogP contribution in [0.1, 0.15) is 23.5 Å². The minimum Gasteiger partial charge on any atom is -0.309 e. The first-order chi connectivity index (χ1) is 12.2. The van der Waals surface area contributed by atoms with E-state index in [-0.39, 0.29) is 17.7 Å². The molecule has 2 atom stereocenters. The van der Waals surface area contributed by atoms with Gasteiger partial charge in [-0.3, -0.25) is 9.48 Å². The number of hydrogen-bond donors (Lipinski definition) is 1. The van der Waals surface area contributed by atoms with Gasteiger partial charge in [0.1, 0.15) is 0 Å². The molecule has 1 heterocycles. The molecular formula is C20H18ClN3O. The van der Waals surface area contributed by atoms with Crippen molar-refractivity contribution in [3.8, 4) is 0 Å². The van der Waals surface area contributed by atoms with Gasteiger partial charge in [0.25, 0.3) is 0 Å². The molecule has 1 saturated carbocycles. The van der Waals surface area contributed by atoms with Gasteiger partial charge in [-0.1, -0.05) is 54.1 Å². The molecule has 1 aliphatic carbocycles. The van der Waals surface area contributed by atoms with E-state index in [0.717, 1.165) is 6.42 Å². The fraction of sp³-hybridized carbons (Fsp3) is 0.200. The molecular weight excluding hydrogens is 334 g/mol. The molecule has 0 aliphatic heterocycles. The lowest BCUT2D eigenvalue weighted by molar-refractivity contribution is -0.117. The summed E-state index contributed by atoms with van der Waals surface area (Å²) < 4.78 is 1.83. The largest absolute Gasteiger partial charge is 0.309 e. The number of hydrogen-bond acceptors (Lipinski definition) is 2. The highest BCUT2D eigenvalue weighted by Gasteiger charge is 2.44. The standard InChI is InChI=1S/C20H18ClN3O/c21-16-8-6-15(7-9-16)17-12-18(17)20(25)22-19-10-11-24(23-19)13-14-4-2-1-3-5-14/h1-11,17-18H,12-13H2,(H,22,23,25). The number of nitrogens with zero attached hydrogens (tertiary/aromatic N) is 2. The van der Waals surface area contributed by atoms with Gasteiger partial charge in [0.15, 0.2) is 5.82 Å². The number of amides is 1. The highest BCUT2D eigenvalue weighted by Crippen LogP contribution is 2.48. The zero-order chi connectivity index (χ0) is 17.2.